The highest BCUT2D eigenvalue weighted by molar-refractivity contribution is 5.04. The Bertz CT molecular complexity index is 330. The van der Waals surface area contributed by atoms with E-state index in [9.17, 15) is 0 Å². The first-order valence-electron chi connectivity index (χ1n) is 5.19. The van der Waals surface area contributed by atoms with Crippen LogP contribution in [0.4, 0.5) is 0 Å². The Labute approximate surface area is 82.5 Å². The van der Waals surface area contributed by atoms with E-state index in [4.69, 9.17) is 4.74 Å². The van der Waals surface area contributed by atoms with E-state index in [-0.39, 0.29) is 6.10 Å². The highest BCUT2D eigenvalue weighted by atomic mass is 16.5. The molecule has 14 heavy (non-hydrogen) atoms. The summed E-state index contributed by atoms with van der Waals surface area (Å²) in [6.45, 7) is 3.63. The van der Waals surface area contributed by atoms with Crippen molar-refractivity contribution in [2.45, 2.75) is 25.5 Å². The number of aromatic nitrogens is 3. The average Bonchev–Trinajstić information content (AvgIpc) is 2.79. The molecule has 0 aromatic carbocycles. The molecule has 1 aromatic heterocycles. The van der Waals surface area contributed by atoms with E-state index in [1.54, 1.807) is 0 Å². The SMILES string of the molecule is C1Cc2nnc(C3CNCCO3)n2C1. The third-order valence-corrected chi connectivity index (χ3v) is 2.85. The molecule has 2 aliphatic heterocycles. The van der Waals surface area contributed by atoms with Gasteiger partial charge in [-0.1, -0.05) is 0 Å². The van der Waals surface area contributed by atoms with Crippen LogP contribution in [0.25, 0.3) is 0 Å². The third-order valence-electron chi connectivity index (χ3n) is 2.85. The summed E-state index contributed by atoms with van der Waals surface area (Å²) in [5.74, 6) is 2.12. The molecule has 1 N–H and O–H groups in total. The van der Waals surface area contributed by atoms with Crippen LogP contribution in [0.1, 0.15) is 24.2 Å². The third kappa shape index (κ3) is 1.24. The molecule has 1 unspecified atom stereocenters. The molecule has 0 saturated carbocycles. The summed E-state index contributed by atoms with van der Waals surface area (Å²) in [6, 6.07) is 0. The van der Waals surface area contributed by atoms with Crippen molar-refractivity contribution in [1.82, 2.24) is 20.1 Å². The maximum absolute atomic E-state index is 5.66. The van der Waals surface area contributed by atoms with E-state index in [1.807, 2.05) is 0 Å². The molecule has 1 atom stereocenters. The number of rotatable bonds is 1. The Balaban J connectivity index is 1.88. The van der Waals surface area contributed by atoms with Crippen molar-refractivity contribution in [3.63, 3.8) is 0 Å². The minimum Gasteiger partial charge on any atom is -0.368 e. The number of morpholine rings is 1. The summed E-state index contributed by atoms with van der Waals surface area (Å²) < 4.78 is 7.87. The Morgan fingerprint density at radius 1 is 1.43 bits per heavy atom. The smallest absolute Gasteiger partial charge is 0.163 e. The van der Waals surface area contributed by atoms with Crippen molar-refractivity contribution in [3.8, 4) is 0 Å². The maximum atomic E-state index is 5.66. The van der Waals surface area contributed by atoms with Gasteiger partial charge in [-0.05, 0) is 6.42 Å². The van der Waals surface area contributed by atoms with E-state index in [1.165, 1.54) is 6.42 Å². The van der Waals surface area contributed by atoms with E-state index < -0.39 is 0 Å². The Morgan fingerprint density at radius 2 is 2.43 bits per heavy atom. The van der Waals surface area contributed by atoms with Crippen molar-refractivity contribution in [2.24, 2.45) is 0 Å². The molecule has 5 heteroatoms. The normalized spacial score (nSPS) is 26.4. The van der Waals surface area contributed by atoms with Crippen molar-refractivity contribution in [3.05, 3.63) is 11.6 Å². The molecule has 0 amide bonds. The van der Waals surface area contributed by atoms with Crippen LogP contribution in [0.3, 0.4) is 0 Å². The van der Waals surface area contributed by atoms with Crippen molar-refractivity contribution < 1.29 is 4.74 Å². The Kier molecular flexibility index (Phi) is 1.99. The molecule has 0 spiro atoms. The van der Waals surface area contributed by atoms with E-state index in [0.29, 0.717) is 0 Å². The maximum Gasteiger partial charge on any atom is 0.163 e. The molecular formula is C9H14N4O. The fourth-order valence-electron chi connectivity index (χ4n) is 2.14. The fraction of sp³-hybridized carbons (Fsp3) is 0.778. The topological polar surface area (TPSA) is 52.0 Å². The van der Waals surface area contributed by atoms with Crippen LogP contribution < -0.4 is 5.32 Å². The monoisotopic (exact) mass is 194 g/mol. The van der Waals surface area contributed by atoms with Gasteiger partial charge >= 0.3 is 0 Å². The van der Waals surface area contributed by atoms with Crippen molar-refractivity contribution >= 4 is 0 Å². The van der Waals surface area contributed by atoms with Crippen LogP contribution in [0, 0.1) is 0 Å². The van der Waals surface area contributed by atoms with Gasteiger partial charge in [-0.15, -0.1) is 10.2 Å². The largest absolute Gasteiger partial charge is 0.368 e. The van der Waals surface area contributed by atoms with Crippen molar-refractivity contribution in [1.29, 1.82) is 0 Å². The summed E-state index contributed by atoms with van der Waals surface area (Å²) in [6.07, 6.45) is 2.36. The average molecular weight is 194 g/mol. The summed E-state index contributed by atoms with van der Waals surface area (Å²) >= 11 is 0. The first-order chi connectivity index (χ1) is 6.95. The summed E-state index contributed by atoms with van der Waals surface area (Å²) in [5, 5.41) is 11.7. The Hall–Kier alpha value is -0.940. The van der Waals surface area contributed by atoms with Gasteiger partial charge < -0.3 is 14.6 Å². The second kappa shape index (κ2) is 3.33. The molecule has 1 aromatic rings. The molecule has 0 radical (unpaired) electrons. The predicted octanol–water partition coefficient (Wildman–Crippen LogP) is -0.115. The minimum absolute atomic E-state index is 0.100. The molecule has 1 saturated heterocycles. The van der Waals surface area contributed by atoms with Gasteiger partial charge in [0.25, 0.3) is 0 Å². The van der Waals surface area contributed by atoms with Gasteiger partial charge in [0.05, 0.1) is 6.61 Å². The molecule has 0 bridgehead atoms. The second-order valence-corrected chi connectivity index (χ2v) is 3.79. The van der Waals surface area contributed by atoms with Gasteiger partial charge in [0.15, 0.2) is 5.82 Å². The molecule has 76 valence electrons. The molecule has 2 aliphatic rings. The molecule has 3 heterocycles. The number of nitrogens with zero attached hydrogens (tertiary/aromatic N) is 3. The summed E-state index contributed by atoms with van der Waals surface area (Å²) in [4.78, 5) is 0. The molecule has 0 aliphatic carbocycles. The van der Waals surface area contributed by atoms with Crippen LogP contribution in [0.5, 0.6) is 0 Å². The zero-order valence-electron chi connectivity index (χ0n) is 8.07. The lowest BCUT2D eigenvalue weighted by atomic mass is 10.3. The lowest BCUT2D eigenvalue weighted by Crippen LogP contribution is -2.34. The molecule has 5 nitrogen and oxygen atoms in total. The minimum atomic E-state index is 0.100. The highest BCUT2D eigenvalue weighted by Crippen LogP contribution is 2.22. The summed E-state index contributed by atoms with van der Waals surface area (Å²) in [7, 11) is 0. The van der Waals surface area contributed by atoms with Crippen LogP contribution >= 0.6 is 0 Å². The van der Waals surface area contributed by atoms with E-state index in [2.05, 4.69) is 20.1 Å². The highest BCUT2D eigenvalue weighted by Gasteiger charge is 2.25. The number of aryl methyl sites for hydroxylation is 1. The van der Waals surface area contributed by atoms with Gasteiger partial charge in [-0.25, -0.2) is 0 Å². The lowest BCUT2D eigenvalue weighted by molar-refractivity contribution is 0.0199. The molecule has 1 fully saturated rings. The van der Waals surface area contributed by atoms with Crippen LogP contribution in [0.2, 0.25) is 0 Å². The van der Waals surface area contributed by atoms with E-state index in [0.717, 1.165) is 44.3 Å². The number of ether oxygens (including phenoxy) is 1. The molecular weight excluding hydrogens is 180 g/mol. The van der Waals surface area contributed by atoms with Crippen LogP contribution in [-0.2, 0) is 17.7 Å². The van der Waals surface area contributed by atoms with Crippen LogP contribution in [-0.4, -0.2) is 34.5 Å². The number of nitrogens with one attached hydrogen (secondary N) is 1. The summed E-state index contributed by atoms with van der Waals surface area (Å²) in [5.41, 5.74) is 0. The van der Waals surface area contributed by atoms with Crippen molar-refractivity contribution in [2.75, 3.05) is 19.7 Å². The van der Waals surface area contributed by atoms with Gasteiger partial charge in [-0.2, -0.15) is 0 Å². The Morgan fingerprint density at radius 3 is 3.29 bits per heavy atom. The van der Waals surface area contributed by atoms with Gasteiger partial charge in [0, 0.05) is 26.1 Å². The van der Waals surface area contributed by atoms with Gasteiger partial charge in [0.2, 0.25) is 0 Å². The van der Waals surface area contributed by atoms with Gasteiger partial charge in [-0.3, -0.25) is 0 Å². The zero-order chi connectivity index (χ0) is 9.38. The van der Waals surface area contributed by atoms with E-state index >= 15 is 0 Å². The zero-order valence-corrected chi connectivity index (χ0v) is 8.07. The fourth-order valence-corrected chi connectivity index (χ4v) is 2.14. The number of fused-ring (bicyclic) bond motifs is 1. The first-order valence-corrected chi connectivity index (χ1v) is 5.19. The lowest BCUT2D eigenvalue weighted by Gasteiger charge is -2.22. The molecule has 3 rings (SSSR count). The number of hydrogen-bond acceptors (Lipinski definition) is 4. The standard InChI is InChI=1S/C9H14N4O/c1-2-8-11-12-9(13(8)4-1)7-6-10-3-5-14-7/h7,10H,1-6H2. The quantitative estimate of drug-likeness (QED) is 0.677. The number of hydrogen-bond donors (Lipinski definition) is 1. The van der Waals surface area contributed by atoms with Gasteiger partial charge in [0.1, 0.15) is 11.9 Å². The first kappa shape index (κ1) is 8.38. The second-order valence-electron chi connectivity index (χ2n) is 3.79. The predicted molar refractivity (Wildman–Crippen MR) is 49.9 cm³/mol. The van der Waals surface area contributed by atoms with Crippen LogP contribution in [0.15, 0.2) is 0 Å².